The van der Waals surface area contributed by atoms with E-state index in [2.05, 4.69) is 53.8 Å². The van der Waals surface area contributed by atoms with E-state index < -0.39 is 29.4 Å². The standard InChI is InChI=1S/C34H32N4O7.C25H23N3O4.C10H11ClO3.C6H15N.2CH4/c1-42-26-9-7-19(13-28(26)43-2)14-30(39)36-11-12-37-25(17-36)34(41)38-24(33(37)40)16-22-21-5-3-4-6-23(21)35-31(22)32(38)20-8-10-27-29(15-20)45-18-44-27;29-24-19-12-16-15-5-1-2-6-17(15)26-22(16)23(14-8-9-20-21(11-14)32-13-31-20)28(19)25(30)18-7-3-4-10-27(18)24;1-13-8-4-3-7(6-10(11)12)5-9(8)14-2;1-4-7(5-2)6-3;;/h3-10,13,15,24-25,32,35H,11-12,14,16-18H2,1-2H3;1-2,5-6,8-9,11,18-19,23,26H,3-4,7,10,12-13H2;3-5H,6H2,1-2H3;4-6H2,1-3H3;2*1H4/t24-,25?,32-;18?,19-,23-;;;;/m11..../s1. The van der Waals surface area contributed by atoms with E-state index in [4.69, 9.17) is 49.5 Å². The number of halogens is 1. The molecule has 8 aromatic rings. The molecule has 4 fully saturated rings. The Morgan fingerprint density at radius 3 is 1.44 bits per heavy atom. The van der Waals surface area contributed by atoms with E-state index in [0.29, 0.717) is 78.5 Å². The molecule has 0 radical (unpaired) electrons. The zero-order valence-corrected chi connectivity index (χ0v) is 56.9. The summed E-state index contributed by atoms with van der Waals surface area (Å²) in [7, 11) is 6.22. The minimum absolute atomic E-state index is 0. The molecule has 4 saturated heterocycles. The van der Waals surface area contributed by atoms with Gasteiger partial charge in [-0.3, -0.25) is 28.8 Å². The fourth-order valence-electron chi connectivity index (χ4n) is 15.1. The van der Waals surface area contributed by atoms with Crippen molar-refractivity contribution in [2.45, 2.75) is 117 Å². The van der Waals surface area contributed by atoms with Crippen LogP contribution in [-0.2, 0) is 54.5 Å². The van der Waals surface area contributed by atoms with Crippen molar-refractivity contribution in [1.29, 1.82) is 0 Å². The van der Waals surface area contributed by atoms with Crippen molar-refractivity contribution in [3.63, 3.8) is 0 Å². The van der Waals surface area contributed by atoms with E-state index in [0.717, 1.165) is 85.8 Å². The molecule has 2 aromatic heterocycles. The lowest BCUT2D eigenvalue weighted by Crippen LogP contribution is -2.72. The number of methoxy groups -OCH3 is 4. The van der Waals surface area contributed by atoms with Crippen LogP contribution in [0, 0.1) is 0 Å². The van der Waals surface area contributed by atoms with E-state index >= 15 is 0 Å². The topological polar surface area (TPSA) is 227 Å². The van der Waals surface area contributed by atoms with E-state index in [9.17, 15) is 28.8 Å². The van der Waals surface area contributed by atoms with Gasteiger partial charge < -0.3 is 77.3 Å². The van der Waals surface area contributed by atoms with Gasteiger partial charge in [0, 0.05) is 72.1 Å². The van der Waals surface area contributed by atoms with Crippen LogP contribution in [0.1, 0.15) is 112 Å². The first-order valence-corrected chi connectivity index (χ1v) is 33.9. The SMILES string of the molecule is C.C.CCN(CC)CC.COc1ccc(CC(=O)Cl)cc1OC.COc1ccc(CC(=O)N2CCN3C(=O)[C@H]4Cc5c([nH]c6ccccc56)[C@@H](c5ccc6c(c5)OCO6)N4C(=O)C3C2)cc1OC.O=C1[C@H]2Cc3c([nH]c4ccccc34)[C@@H](c3ccc4c(c3)OCO4)N2C(=O)C2CCCCN12. The molecular weight excluding hydrogens is 1300 g/mol. The number of aromatic nitrogens is 2. The lowest BCUT2D eigenvalue weighted by molar-refractivity contribution is -0.169. The normalized spacial score (nSPS) is 20.3. The monoisotopic (exact) mass is 1380 g/mol. The molecule has 0 saturated carbocycles. The largest absolute Gasteiger partial charge is 0.493 e. The van der Waals surface area contributed by atoms with Gasteiger partial charge in [-0.15, -0.1) is 0 Å². The van der Waals surface area contributed by atoms with Crippen LogP contribution in [-0.4, -0.2) is 186 Å². The van der Waals surface area contributed by atoms with Gasteiger partial charge in [-0.25, -0.2) is 0 Å². The number of rotatable bonds is 13. The third kappa shape index (κ3) is 13.5. The van der Waals surface area contributed by atoms with Crippen LogP contribution in [0.4, 0.5) is 0 Å². The summed E-state index contributed by atoms with van der Waals surface area (Å²) in [5.74, 6) is 4.76. The second-order valence-corrected chi connectivity index (χ2v) is 25.6. The first kappa shape index (κ1) is 71.4. The third-order valence-corrected chi connectivity index (χ3v) is 20.2. The van der Waals surface area contributed by atoms with Crippen molar-refractivity contribution in [2.75, 3.05) is 87.8 Å². The lowest BCUT2D eigenvalue weighted by atomic mass is 9.83. The maximum atomic E-state index is 14.6. The van der Waals surface area contributed by atoms with Crippen LogP contribution in [0.2, 0.25) is 0 Å². The van der Waals surface area contributed by atoms with Gasteiger partial charge in [0.2, 0.25) is 48.4 Å². The van der Waals surface area contributed by atoms with Crippen molar-refractivity contribution < 1.29 is 66.7 Å². The highest BCUT2D eigenvalue weighted by atomic mass is 35.5. The predicted octanol–water partition coefficient (Wildman–Crippen LogP) is 10.8. The minimum Gasteiger partial charge on any atom is -0.493 e. The van der Waals surface area contributed by atoms with Crippen LogP contribution in [0.3, 0.4) is 0 Å². The van der Waals surface area contributed by atoms with Gasteiger partial charge in [0.05, 0.1) is 53.5 Å². The Morgan fingerprint density at radius 1 is 0.510 bits per heavy atom. The molecule has 0 spiro atoms. The van der Waals surface area contributed by atoms with E-state index in [-0.39, 0.29) is 89.4 Å². The summed E-state index contributed by atoms with van der Waals surface area (Å²) in [6.07, 6.45) is 3.96. The molecule has 6 aromatic carbocycles. The van der Waals surface area contributed by atoms with Crippen LogP contribution < -0.4 is 37.9 Å². The average molecular weight is 1390 g/mol. The number of hydrogen-bond acceptors (Lipinski definition) is 15. The zero-order valence-electron chi connectivity index (χ0n) is 56.1. The van der Waals surface area contributed by atoms with Gasteiger partial charge in [0.1, 0.15) is 24.2 Å². The first-order valence-electron chi connectivity index (χ1n) is 33.5. The Hall–Kier alpha value is -9.93. The number of hydrogen-bond donors (Lipinski definition) is 2. The van der Waals surface area contributed by atoms with E-state index in [1.54, 1.807) is 73.5 Å². The van der Waals surface area contributed by atoms with Gasteiger partial charge in [-0.2, -0.15) is 0 Å². The summed E-state index contributed by atoms with van der Waals surface area (Å²) in [6, 6.07) is 35.2. The smallest absolute Gasteiger partial charge is 0.248 e. The summed E-state index contributed by atoms with van der Waals surface area (Å²) in [6.45, 7) is 11.9. The summed E-state index contributed by atoms with van der Waals surface area (Å²) in [5.41, 5.74) is 9.36. The summed E-state index contributed by atoms with van der Waals surface area (Å²) in [5, 5.41) is 1.77. The average Bonchev–Trinajstić information content (AvgIpc) is 1.40. The molecule has 2 unspecified atom stereocenters. The number of piperidine rings is 1. The quantitative estimate of drug-likeness (QED) is 0.102. The van der Waals surface area contributed by atoms with Crippen LogP contribution in [0.25, 0.3) is 21.8 Å². The number of piperazine rings is 3. The van der Waals surface area contributed by atoms with Crippen molar-refractivity contribution >= 4 is 68.2 Å². The Morgan fingerprint density at radius 2 is 0.970 bits per heavy atom. The van der Waals surface area contributed by atoms with Gasteiger partial charge in [-0.05, 0) is 145 Å². The van der Waals surface area contributed by atoms with E-state index in [1.165, 1.54) is 19.6 Å². The fraction of sp³-hybridized carbons (Fsp3) is 0.403. The lowest BCUT2D eigenvalue weighted by Gasteiger charge is -2.52. The number of nitrogens with one attached hydrogen (secondary N) is 2. The second kappa shape index (κ2) is 30.7. The highest BCUT2D eigenvalue weighted by Crippen LogP contribution is 2.49. The van der Waals surface area contributed by atoms with Gasteiger partial charge in [0.25, 0.3) is 0 Å². The maximum Gasteiger partial charge on any atom is 0.248 e. The van der Waals surface area contributed by atoms with Crippen molar-refractivity contribution in [3.8, 4) is 46.0 Å². The highest BCUT2D eigenvalue weighted by Gasteiger charge is 2.55. The van der Waals surface area contributed by atoms with Crippen LogP contribution in [0.15, 0.2) is 121 Å². The molecule has 0 bridgehead atoms. The number of para-hydroxylation sites is 2. The van der Waals surface area contributed by atoms with Crippen molar-refractivity contribution in [1.82, 2.24) is 39.4 Å². The van der Waals surface area contributed by atoms with Crippen LogP contribution in [0.5, 0.6) is 46.0 Å². The van der Waals surface area contributed by atoms with Gasteiger partial charge in [-0.1, -0.05) is 96.3 Å². The van der Waals surface area contributed by atoms with Crippen molar-refractivity contribution in [2.24, 2.45) is 0 Å². The summed E-state index contributed by atoms with van der Waals surface area (Å²) in [4.78, 5) is 98.8. The molecule has 22 nitrogen and oxygen atoms in total. The Balaban J connectivity index is 0.000000159. The van der Waals surface area contributed by atoms with Gasteiger partial charge in [0.15, 0.2) is 46.0 Å². The number of fused-ring (bicyclic) bond motifs is 12. The zero-order chi connectivity index (χ0) is 68.5. The number of ether oxygens (including phenoxy) is 8. The molecule has 16 rings (SSSR count). The predicted molar refractivity (Wildman–Crippen MR) is 380 cm³/mol. The molecule has 6 atom stereocenters. The number of nitrogens with zero attached hydrogens (tertiary/aromatic N) is 6. The highest BCUT2D eigenvalue weighted by molar-refractivity contribution is 6.63. The van der Waals surface area contributed by atoms with Gasteiger partial charge >= 0.3 is 0 Å². The number of H-pyrrole nitrogens is 2. The number of carbonyl (C=O) groups is 6. The molecule has 528 valence electrons. The molecular formula is C77H89ClN8O14. The minimum atomic E-state index is -0.778. The fourth-order valence-corrected chi connectivity index (χ4v) is 15.3. The second-order valence-electron chi connectivity index (χ2n) is 25.2. The summed E-state index contributed by atoms with van der Waals surface area (Å²) < 4.78 is 43.2. The molecule has 2 N–H and O–H groups in total. The Labute approximate surface area is 588 Å². The molecule has 8 aliphatic heterocycles. The molecule has 100 heavy (non-hydrogen) atoms. The molecule has 23 heteroatoms. The maximum absolute atomic E-state index is 14.6. The molecule has 5 amide bonds. The molecule has 0 aliphatic carbocycles. The Kier molecular flexibility index (Phi) is 21.9. The number of aromatic amines is 2. The number of benzene rings is 6. The van der Waals surface area contributed by atoms with E-state index in [1.807, 2.05) is 82.6 Å². The van der Waals surface area contributed by atoms with Crippen molar-refractivity contribution in [3.05, 3.63) is 166 Å². The molecule has 8 aliphatic rings. The first-order chi connectivity index (χ1) is 47.7. The Bertz CT molecular complexity index is 4350. The molecule has 10 heterocycles. The summed E-state index contributed by atoms with van der Waals surface area (Å²) >= 11 is 5.27. The number of carbonyl (C=O) groups excluding carboxylic acids is 6. The van der Waals surface area contributed by atoms with Crippen LogP contribution >= 0.6 is 11.6 Å². The third-order valence-electron chi connectivity index (χ3n) is 20.1. The number of amides is 5.